The Hall–Kier alpha value is -1.76. The molecule has 4 rings (SSSR count). The van der Waals surface area contributed by atoms with E-state index in [-0.39, 0.29) is 11.8 Å². The van der Waals surface area contributed by atoms with Gasteiger partial charge in [-0.15, -0.1) is 0 Å². The average molecular weight is 397 g/mol. The van der Waals surface area contributed by atoms with Crippen molar-refractivity contribution in [1.29, 1.82) is 0 Å². The highest BCUT2D eigenvalue weighted by Crippen LogP contribution is 2.44. The third-order valence-corrected chi connectivity index (χ3v) is 5.58. The first-order valence-corrected chi connectivity index (χ1v) is 9.29. The summed E-state index contributed by atoms with van der Waals surface area (Å²) in [4.78, 5) is 4.59. The molecule has 1 atom stereocenters. The molecule has 2 aliphatic heterocycles. The summed E-state index contributed by atoms with van der Waals surface area (Å²) in [7, 11) is 2.08. The van der Waals surface area contributed by atoms with E-state index < -0.39 is 11.7 Å². The number of rotatable bonds is 1. The van der Waals surface area contributed by atoms with Crippen LogP contribution in [0.2, 0.25) is 5.02 Å². The van der Waals surface area contributed by atoms with Crippen molar-refractivity contribution in [2.45, 2.75) is 18.6 Å². The number of hydrogen-bond donors (Lipinski definition) is 0. The molecule has 3 nitrogen and oxygen atoms in total. The predicted octanol–water partition coefficient (Wildman–Crippen LogP) is 5.00. The van der Waals surface area contributed by atoms with E-state index in [1.54, 1.807) is 18.2 Å². The molecule has 0 aliphatic carbocycles. The highest BCUT2D eigenvalue weighted by Gasteiger charge is 2.35. The topological polar surface area (TPSA) is 15.7 Å². The minimum atomic E-state index is -4.41. The van der Waals surface area contributed by atoms with Gasteiger partial charge in [-0.2, -0.15) is 13.2 Å². The monoisotopic (exact) mass is 396 g/mol. The van der Waals surface area contributed by atoms with Gasteiger partial charge in [-0.05, 0) is 43.3 Å². The number of halogens is 4. The second-order valence-corrected chi connectivity index (χ2v) is 7.60. The maximum Gasteiger partial charge on any atom is 0.416 e. The standard InChI is InChI=1S/C20H20ClF3N2O/c1-25-6-8-26(9-7-25)17-10-13-2-4-15(21)12-18(13)27-19-11-14(20(22,23)24)3-5-16(17)19/h2-5,11-12,17H,6-10H2,1H3. The van der Waals surface area contributed by atoms with Crippen molar-refractivity contribution < 1.29 is 17.9 Å². The van der Waals surface area contributed by atoms with Gasteiger partial charge in [-0.25, -0.2) is 0 Å². The van der Waals surface area contributed by atoms with Crippen LogP contribution in [-0.2, 0) is 12.6 Å². The number of alkyl halides is 3. The molecule has 2 aromatic carbocycles. The van der Waals surface area contributed by atoms with Gasteiger partial charge in [0.15, 0.2) is 0 Å². The van der Waals surface area contributed by atoms with E-state index in [1.807, 2.05) is 6.07 Å². The van der Waals surface area contributed by atoms with Crippen LogP contribution in [0.3, 0.4) is 0 Å². The third-order valence-electron chi connectivity index (χ3n) is 5.34. The lowest BCUT2D eigenvalue weighted by atomic mass is 9.95. The lowest BCUT2D eigenvalue weighted by Gasteiger charge is -2.38. The second-order valence-electron chi connectivity index (χ2n) is 7.16. The van der Waals surface area contributed by atoms with Crippen LogP contribution in [-0.4, -0.2) is 43.0 Å². The summed E-state index contributed by atoms with van der Waals surface area (Å²) < 4.78 is 45.6. The lowest BCUT2D eigenvalue weighted by molar-refractivity contribution is -0.137. The Bertz CT molecular complexity index is 848. The summed E-state index contributed by atoms with van der Waals surface area (Å²) in [5.74, 6) is 0.787. The van der Waals surface area contributed by atoms with E-state index in [2.05, 4.69) is 16.8 Å². The van der Waals surface area contributed by atoms with Crippen LogP contribution in [0.25, 0.3) is 0 Å². The number of likely N-dealkylation sites (N-methyl/N-ethyl adjacent to an activating group) is 1. The zero-order valence-corrected chi connectivity index (χ0v) is 15.6. The Balaban J connectivity index is 1.79. The number of benzene rings is 2. The Morgan fingerprint density at radius 3 is 2.44 bits per heavy atom. The summed E-state index contributed by atoms with van der Waals surface area (Å²) in [6.07, 6.45) is -3.74. The predicted molar refractivity (Wildman–Crippen MR) is 98.5 cm³/mol. The van der Waals surface area contributed by atoms with E-state index in [9.17, 15) is 13.2 Å². The highest BCUT2D eigenvalue weighted by molar-refractivity contribution is 6.30. The van der Waals surface area contributed by atoms with Crippen LogP contribution in [0.1, 0.15) is 22.7 Å². The third kappa shape index (κ3) is 3.79. The number of hydrogen-bond acceptors (Lipinski definition) is 3. The normalized spacial score (nSPS) is 21.1. The quantitative estimate of drug-likeness (QED) is 0.675. The van der Waals surface area contributed by atoms with Crippen LogP contribution < -0.4 is 4.74 Å². The Morgan fingerprint density at radius 2 is 1.74 bits per heavy atom. The molecule has 0 amide bonds. The van der Waals surface area contributed by atoms with Gasteiger partial charge in [0, 0.05) is 42.8 Å². The first-order valence-electron chi connectivity index (χ1n) is 8.91. The fourth-order valence-electron chi connectivity index (χ4n) is 3.76. The molecular formula is C20H20ClF3N2O. The van der Waals surface area contributed by atoms with E-state index in [4.69, 9.17) is 16.3 Å². The largest absolute Gasteiger partial charge is 0.457 e. The van der Waals surface area contributed by atoms with E-state index in [0.29, 0.717) is 17.2 Å². The van der Waals surface area contributed by atoms with Crippen molar-refractivity contribution in [3.05, 3.63) is 58.1 Å². The van der Waals surface area contributed by atoms with Crippen molar-refractivity contribution in [2.75, 3.05) is 33.2 Å². The lowest BCUT2D eigenvalue weighted by Crippen LogP contribution is -2.46. The Labute approximate surface area is 161 Å². The van der Waals surface area contributed by atoms with E-state index >= 15 is 0 Å². The molecule has 2 heterocycles. The summed E-state index contributed by atoms with van der Waals surface area (Å²) in [5.41, 5.74) is 1.04. The molecule has 144 valence electrons. The minimum Gasteiger partial charge on any atom is -0.457 e. The van der Waals surface area contributed by atoms with Crippen LogP contribution in [0.15, 0.2) is 36.4 Å². The van der Waals surface area contributed by atoms with Crippen molar-refractivity contribution in [1.82, 2.24) is 9.80 Å². The molecule has 0 spiro atoms. The summed E-state index contributed by atoms with van der Waals surface area (Å²) in [6.45, 7) is 3.59. The van der Waals surface area contributed by atoms with Crippen molar-refractivity contribution in [2.24, 2.45) is 0 Å². The first-order chi connectivity index (χ1) is 12.8. The van der Waals surface area contributed by atoms with Gasteiger partial charge < -0.3 is 9.64 Å². The Kier molecular flexibility index (Phi) is 4.82. The van der Waals surface area contributed by atoms with E-state index in [1.165, 1.54) is 0 Å². The molecule has 0 N–H and O–H groups in total. The molecule has 1 fully saturated rings. The highest BCUT2D eigenvalue weighted by atomic mass is 35.5. The zero-order valence-electron chi connectivity index (χ0n) is 14.9. The molecule has 0 radical (unpaired) electrons. The molecule has 0 bridgehead atoms. The fraction of sp³-hybridized carbons (Fsp3) is 0.400. The number of fused-ring (bicyclic) bond motifs is 2. The van der Waals surface area contributed by atoms with Gasteiger partial charge in [-0.1, -0.05) is 23.7 Å². The van der Waals surface area contributed by atoms with Crippen molar-refractivity contribution in [3.8, 4) is 11.5 Å². The number of ether oxygens (including phenoxy) is 1. The maximum absolute atomic E-state index is 13.2. The smallest absolute Gasteiger partial charge is 0.416 e. The van der Waals surface area contributed by atoms with Gasteiger partial charge >= 0.3 is 6.18 Å². The summed E-state index contributed by atoms with van der Waals surface area (Å²) in [5, 5.41) is 0.500. The first kappa shape index (κ1) is 18.6. The molecule has 2 aromatic rings. The van der Waals surface area contributed by atoms with Gasteiger partial charge in [0.05, 0.1) is 5.56 Å². The fourth-order valence-corrected chi connectivity index (χ4v) is 3.92. The molecule has 1 unspecified atom stereocenters. The summed E-state index contributed by atoms with van der Waals surface area (Å²) >= 11 is 6.09. The molecule has 0 aromatic heterocycles. The molecule has 27 heavy (non-hydrogen) atoms. The Morgan fingerprint density at radius 1 is 1.00 bits per heavy atom. The van der Waals surface area contributed by atoms with Gasteiger partial charge in [0.1, 0.15) is 11.5 Å². The molecule has 1 saturated heterocycles. The molecule has 7 heteroatoms. The van der Waals surface area contributed by atoms with E-state index in [0.717, 1.165) is 49.4 Å². The van der Waals surface area contributed by atoms with Crippen LogP contribution in [0.4, 0.5) is 13.2 Å². The SMILES string of the molecule is CN1CCN(C2Cc3ccc(Cl)cc3Oc3cc(C(F)(F)F)ccc32)CC1. The maximum atomic E-state index is 13.2. The average Bonchev–Trinajstić information content (AvgIpc) is 2.77. The molecular weight excluding hydrogens is 377 g/mol. The van der Waals surface area contributed by atoms with Crippen LogP contribution >= 0.6 is 11.6 Å². The second kappa shape index (κ2) is 7.00. The van der Waals surface area contributed by atoms with Crippen LogP contribution in [0.5, 0.6) is 11.5 Å². The van der Waals surface area contributed by atoms with Crippen LogP contribution in [0, 0.1) is 0 Å². The minimum absolute atomic E-state index is 0.0293. The zero-order chi connectivity index (χ0) is 19.2. The van der Waals surface area contributed by atoms with Gasteiger partial charge in [0.25, 0.3) is 0 Å². The van der Waals surface area contributed by atoms with Crippen molar-refractivity contribution >= 4 is 11.6 Å². The van der Waals surface area contributed by atoms with Gasteiger partial charge in [-0.3, -0.25) is 4.90 Å². The van der Waals surface area contributed by atoms with Gasteiger partial charge in [0.2, 0.25) is 0 Å². The number of nitrogens with zero attached hydrogens (tertiary/aromatic N) is 2. The van der Waals surface area contributed by atoms with Crippen molar-refractivity contribution in [3.63, 3.8) is 0 Å². The molecule has 0 saturated carbocycles. The molecule has 2 aliphatic rings. The number of piperazine rings is 1. The summed E-state index contributed by atoms with van der Waals surface area (Å²) in [6, 6.07) is 9.16.